The number of ether oxygens (including phenoxy) is 3. The van der Waals surface area contributed by atoms with E-state index in [1.165, 1.54) is 19.4 Å². The molecule has 0 aromatic heterocycles. The summed E-state index contributed by atoms with van der Waals surface area (Å²) in [6, 6.07) is 13.2. The molecular weight excluding hydrogens is 531 g/mol. The number of halogens is 1. The van der Waals surface area contributed by atoms with Crippen LogP contribution in [0.2, 0.25) is 0 Å². The molecule has 0 N–H and O–H groups in total. The number of hydrogen-bond acceptors (Lipinski definition) is 6. The van der Waals surface area contributed by atoms with E-state index in [2.05, 4.69) is 26.0 Å². The van der Waals surface area contributed by atoms with Gasteiger partial charge in [-0.15, -0.1) is 0 Å². The van der Waals surface area contributed by atoms with Crippen LogP contribution in [0.3, 0.4) is 0 Å². The first kappa shape index (κ1) is 28.1. The lowest BCUT2D eigenvalue weighted by Gasteiger charge is -2.19. The highest BCUT2D eigenvalue weighted by Gasteiger charge is 2.32. The highest BCUT2D eigenvalue weighted by atomic mass is 32.2. The molecule has 3 aromatic carbocycles. The number of rotatable bonds is 9. The number of fused-ring (bicyclic) bond motifs is 2. The van der Waals surface area contributed by atoms with Crippen molar-refractivity contribution in [1.29, 1.82) is 0 Å². The molecule has 0 radical (unpaired) electrons. The normalized spacial score (nSPS) is 17.7. The summed E-state index contributed by atoms with van der Waals surface area (Å²) in [5, 5.41) is 0. The van der Waals surface area contributed by atoms with E-state index in [9.17, 15) is 13.2 Å². The molecule has 0 saturated heterocycles. The van der Waals surface area contributed by atoms with E-state index >= 15 is 4.39 Å². The highest BCUT2D eigenvalue weighted by molar-refractivity contribution is 7.90. The summed E-state index contributed by atoms with van der Waals surface area (Å²) in [6.45, 7) is 4.52. The fraction of sp³-hybridized carbons (Fsp3) is 0.406. The summed E-state index contributed by atoms with van der Waals surface area (Å²) in [5.74, 6) is 0.852. The van der Waals surface area contributed by atoms with Crippen molar-refractivity contribution in [1.82, 2.24) is 0 Å². The Labute approximate surface area is 235 Å². The molecule has 1 heterocycles. The Kier molecular flexibility index (Phi) is 7.91. The molecule has 212 valence electrons. The molecular formula is C32H35FO6S. The lowest BCUT2D eigenvalue weighted by atomic mass is 9.88. The van der Waals surface area contributed by atoms with Gasteiger partial charge < -0.3 is 14.2 Å². The molecule has 5 rings (SSSR count). The predicted octanol–water partition coefficient (Wildman–Crippen LogP) is 6.19. The van der Waals surface area contributed by atoms with Crippen LogP contribution in [0.1, 0.15) is 64.7 Å². The summed E-state index contributed by atoms with van der Waals surface area (Å²) in [6.07, 6.45) is 3.74. The first-order valence-electron chi connectivity index (χ1n) is 13.6. The summed E-state index contributed by atoms with van der Waals surface area (Å²) in [5.41, 5.74) is 7.90. The van der Waals surface area contributed by atoms with E-state index in [4.69, 9.17) is 14.2 Å². The van der Waals surface area contributed by atoms with Crippen molar-refractivity contribution in [3.8, 4) is 22.6 Å². The number of aryl methyl sites for hydroxylation is 3. The molecule has 8 heteroatoms. The SMILES string of the molecule is COC(=O)CC1COc2cc(OC3CCc4c(-c5c(C)cc(CCCS(C)(=O)=O)cc5C)ccc(F)c43)ccc21. The van der Waals surface area contributed by atoms with Crippen LogP contribution in [0.5, 0.6) is 11.5 Å². The van der Waals surface area contributed by atoms with Crippen LogP contribution in [0.4, 0.5) is 4.39 Å². The Balaban J connectivity index is 1.38. The third-order valence-electron chi connectivity index (χ3n) is 7.91. The van der Waals surface area contributed by atoms with Crippen molar-refractivity contribution in [3.05, 3.63) is 81.7 Å². The second-order valence-electron chi connectivity index (χ2n) is 11.0. The lowest BCUT2D eigenvalue weighted by Crippen LogP contribution is -2.09. The van der Waals surface area contributed by atoms with Gasteiger partial charge in [-0.2, -0.15) is 0 Å². The van der Waals surface area contributed by atoms with Gasteiger partial charge in [-0.1, -0.05) is 24.3 Å². The van der Waals surface area contributed by atoms with Crippen LogP contribution in [0.25, 0.3) is 11.1 Å². The minimum absolute atomic E-state index is 0.0544. The van der Waals surface area contributed by atoms with E-state index in [0.717, 1.165) is 38.9 Å². The molecule has 2 unspecified atom stereocenters. The van der Waals surface area contributed by atoms with E-state index in [-0.39, 0.29) is 29.9 Å². The molecule has 0 fully saturated rings. The van der Waals surface area contributed by atoms with Crippen molar-refractivity contribution in [2.45, 2.75) is 58.0 Å². The Morgan fingerprint density at radius 1 is 1.10 bits per heavy atom. The van der Waals surface area contributed by atoms with Gasteiger partial charge in [0, 0.05) is 29.4 Å². The summed E-state index contributed by atoms with van der Waals surface area (Å²) in [4.78, 5) is 11.7. The third-order valence-corrected chi connectivity index (χ3v) is 8.94. The lowest BCUT2D eigenvalue weighted by molar-refractivity contribution is -0.141. The van der Waals surface area contributed by atoms with Gasteiger partial charge >= 0.3 is 5.97 Å². The van der Waals surface area contributed by atoms with Crippen molar-refractivity contribution < 1.29 is 31.8 Å². The molecule has 6 nitrogen and oxygen atoms in total. The average Bonchev–Trinajstić information content (AvgIpc) is 3.49. The molecule has 40 heavy (non-hydrogen) atoms. The predicted molar refractivity (Wildman–Crippen MR) is 152 cm³/mol. The molecule has 1 aliphatic heterocycles. The summed E-state index contributed by atoms with van der Waals surface area (Å²) < 4.78 is 55.2. The summed E-state index contributed by atoms with van der Waals surface area (Å²) >= 11 is 0. The fourth-order valence-electron chi connectivity index (χ4n) is 6.13. The van der Waals surface area contributed by atoms with Crippen LogP contribution >= 0.6 is 0 Å². The molecule has 0 amide bonds. The van der Waals surface area contributed by atoms with E-state index in [0.29, 0.717) is 49.4 Å². The molecule has 0 saturated carbocycles. The van der Waals surface area contributed by atoms with Gasteiger partial charge in [0.25, 0.3) is 0 Å². The fourth-order valence-corrected chi connectivity index (χ4v) is 6.80. The molecule has 0 bridgehead atoms. The zero-order valence-corrected chi connectivity index (χ0v) is 24.2. The smallest absolute Gasteiger partial charge is 0.306 e. The first-order valence-corrected chi connectivity index (χ1v) is 15.7. The van der Waals surface area contributed by atoms with Gasteiger partial charge in [0.15, 0.2) is 0 Å². The molecule has 2 aliphatic rings. The van der Waals surface area contributed by atoms with Gasteiger partial charge in [0.05, 0.1) is 25.9 Å². The first-order chi connectivity index (χ1) is 19.0. The van der Waals surface area contributed by atoms with Gasteiger partial charge in [-0.25, -0.2) is 12.8 Å². The van der Waals surface area contributed by atoms with Crippen LogP contribution in [0.15, 0.2) is 42.5 Å². The molecule has 2 atom stereocenters. The number of benzene rings is 3. The zero-order chi connectivity index (χ0) is 28.6. The Morgan fingerprint density at radius 2 is 1.85 bits per heavy atom. The number of hydrogen-bond donors (Lipinski definition) is 0. The monoisotopic (exact) mass is 566 g/mol. The number of carbonyl (C=O) groups excluding carboxylic acids is 1. The van der Waals surface area contributed by atoms with Crippen molar-refractivity contribution in [3.63, 3.8) is 0 Å². The van der Waals surface area contributed by atoms with Crippen LogP contribution in [-0.2, 0) is 32.2 Å². The number of esters is 1. The zero-order valence-electron chi connectivity index (χ0n) is 23.4. The largest absolute Gasteiger partial charge is 0.492 e. The summed E-state index contributed by atoms with van der Waals surface area (Å²) in [7, 11) is -1.61. The standard InChI is InChI=1S/C32H35FO6S/c1-19-14-21(6-5-13-40(4,35)36)15-20(2)31(19)25-9-11-27(33)32-26(25)10-12-28(32)39-23-7-8-24-22(16-30(34)37-3)18-38-29(24)17-23/h7-9,11,14-15,17,22,28H,5-6,10,12-13,16,18H2,1-4H3. The molecule has 1 aliphatic carbocycles. The van der Waals surface area contributed by atoms with Crippen LogP contribution < -0.4 is 9.47 Å². The van der Waals surface area contributed by atoms with Gasteiger partial charge in [0.1, 0.15) is 33.3 Å². The Bertz CT molecular complexity index is 1540. The van der Waals surface area contributed by atoms with E-state index in [1.807, 2.05) is 24.3 Å². The maximum Gasteiger partial charge on any atom is 0.306 e. The number of methoxy groups -OCH3 is 1. The Morgan fingerprint density at radius 3 is 2.55 bits per heavy atom. The molecule has 0 spiro atoms. The number of carbonyl (C=O) groups is 1. The Hall–Kier alpha value is -3.39. The van der Waals surface area contributed by atoms with Crippen molar-refractivity contribution in [2.75, 3.05) is 25.7 Å². The minimum Gasteiger partial charge on any atom is -0.492 e. The van der Waals surface area contributed by atoms with Gasteiger partial charge in [0.2, 0.25) is 0 Å². The quantitative estimate of drug-likeness (QED) is 0.287. The van der Waals surface area contributed by atoms with Crippen LogP contribution in [-0.4, -0.2) is 40.1 Å². The number of sulfone groups is 1. The van der Waals surface area contributed by atoms with Gasteiger partial charge in [-0.3, -0.25) is 4.79 Å². The maximum absolute atomic E-state index is 15.3. The third kappa shape index (κ3) is 5.87. The average molecular weight is 567 g/mol. The van der Waals surface area contributed by atoms with E-state index in [1.54, 1.807) is 0 Å². The second kappa shape index (κ2) is 11.2. The maximum atomic E-state index is 15.3. The van der Waals surface area contributed by atoms with Crippen molar-refractivity contribution in [2.24, 2.45) is 0 Å². The molecule has 3 aromatic rings. The second-order valence-corrected chi connectivity index (χ2v) is 13.2. The van der Waals surface area contributed by atoms with Crippen molar-refractivity contribution >= 4 is 15.8 Å². The minimum atomic E-state index is -2.99. The highest BCUT2D eigenvalue weighted by Crippen LogP contribution is 2.45. The topological polar surface area (TPSA) is 78.9 Å². The van der Waals surface area contributed by atoms with Crippen LogP contribution in [0, 0.1) is 19.7 Å². The van der Waals surface area contributed by atoms with Gasteiger partial charge in [-0.05, 0) is 85.0 Å². The van der Waals surface area contributed by atoms with E-state index < -0.39 is 15.9 Å².